The zero-order chi connectivity index (χ0) is 11.5. The third kappa shape index (κ3) is 2.53. The molecule has 1 atom stereocenters. The molecule has 4 heteroatoms. The van der Waals surface area contributed by atoms with Crippen LogP contribution in [0.3, 0.4) is 0 Å². The lowest BCUT2D eigenvalue weighted by Gasteiger charge is -2.36. The lowest BCUT2D eigenvalue weighted by molar-refractivity contribution is 0.0989. The van der Waals surface area contributed by atoms with Crippen molar-refractivity contribution in [3.05, 3.63) is 28.8 Å². The molecule has 0 amide bonds. The molecule has 1 heterocycles. The van der Waals surface area contributed by atoms with Gasteiger partial charge in [0, 0.05) is 28.6 Å². The molecule has 0 aliphatic carbocycles. The van der Waals surface area contributed by atoms with E-state index in [-0.39, 0.29) is 0 Å². The Bertz CT molecular complexity index is 372. The Morgan fingerprint density at radius 2 is 2.38 bits per heavy atom. The van der Waals surface area contributed by atoms with Crippen molar-refractivity contribution in [3.63, 3.8) is 0 Å². The summed E-state index contributed by atoms with van der Waals surface area (Å²) in [5.41, 5.74) is 2.50. The number of rotatable bonds is 2. The molecular weight excluding hydrogens is 289 g/mol. The van der Waals surface area contributed by atoms with Crippen molar-refractivity contribution in [3.8, 4) is 0 Å². The smallest absolute Gasteiger partial charge is 0.0668 e. The second-order valence-electron chi connectivity index (χ2n) is 4.02. The number of ether oxygens (including phenoxy) is 1. The summed E-state index contributed by atoms with van der Waals surface area (Å²) in [5.74, 6) is 0. The van der Waals surface area contributed by atoms with Crippen molar-refractivity contribution in [2.24, 2.45) is 0 Å². The van der Waals surface area contributed by atoms with E-state index >= 15 is 0 Å². The molecule has 0 bridgehead atoms. The van der Waals surface area contributed by atoms with Crippen LogP contribution in [0, 0.1) is 0 Å². The zero-order valence-electron chi connectivity index (χ0n) is 9.25. The lowest BCUT2D eigenvalue weighted by Crippen LogP contribution is -2.44. The fourth-order valence-electron chi connectivity index (χ4n) is 2.00. The van der Waals surface area contributed by atoms with Crippen LogP contribution in [0.4, 0.5) is 5.69 Å². The topological polar surface area (TPSA) is 12.5 Å². The maximum Gasteiger partial charge on any atom is 0.0668 e. The highest BCUT2D eigenvalue weighted by Gasteiger charge is 2.21. The highest BCUT2D eigenvalue weighted by atomic mass is 79.9. The number of morpholine rings is 1. The Morgan fingerprint density at radius 1 is 1.56 bits per heavy atom. The van der Waals surface area contributed by atoms with E-state index in [9.17, 15) is 0 Å². The Balaban J connectivity index is 2.33. The Hall–Kier alpha value is -0.250. The van der Waals surface area contributed by atoms with E-state index in [1.165, 1.54) is 11.3 Å². The molecule has 1 aromatic carbocycles. The largest absolute Gasteiger partial charge is 0.377 e. The van der Waals surface area contributed by atoms with Crippen LogP contribution in [0.25, 0.3) is 0 Å². The van der Waals surface area contributed by atoms with Crippen LogP contribution in [0.1, 0.15) is 12.5 Å². The summed E-state index contributed by atoms with van der Waals surface area (Å²) < 4.78 is 5.45. The standard InChI is InChI=1S/C12H15BrClNO/c1-9-8-16-5-4-15(9)12-6-11(14)3-2-10(12)7-13/h2-3,6,9H,4-5,7-8H2,1H3. The second kappa shape index (κ2) is 5.39. The maximum absolute atomic E-state index is 6.07. The molecule has 2 nitrogen and oxygen atoms in total. The summed E-state index contributed by atoms with van der Waals surface area (Å²) in [6, 6.07) is 6.46. The van der Waals surface area contributed by atoms with Crippen molar-refractivity contribution in [2.75, 3.05) is 24.7 Å². The molecule has 0 spiro atoms. The van der Waals surface area contributed by atoms with Crippen LogP contribution < -0.4 is 4.90 Å². The molecule has 1 fully saturated rings. The number of hydrogen-bond acceptors (Lipinski definition) is 2. The number of halogens is 2. The van der Waals surface area contributed by atoms with Gasteiger partial charge in [-0.15, -0.1) is 0 Å². The minimum Gasteiger partial charge on any atom is -0.377 e. The van der Waals surface area contributed by atoms with Gasteiger partial charge in [0.1, 0.15) is 0 Å². The van der Waals surface area contributed by atoms with Gasteiger partial charge in [-0.2, -0.15) is 0 Å². The Kier molecular flexibility index (Phi) is 4.11. The monoisotopic (exact) mass is 303 g/mol. The third-order valence-electron chi connectivity index (χ3n) is 2.87. The molecular formula is C12H15BrClNO. The number of nitrogens with zero attached hydrogens (tertiary/aromatic N) is 1. The van der Waals surface area contributed by atoms with Crippen molar-refractivity contribution < 1.29 is 4.74 Å². The van der Waals surface area contributed by atoms with Crippen molar-refractivity contribution in [1.82, 2.24) is 0 Å². The average Bonchev–Trinajstić information content (AvgIpc) is 2.29. The first-order valence-corrected chi connectivity index (χ1v) is 6.91. The van der Waals surface area contributed by atoms with Crippen LogP contribution in [0.15, 0.2) is 18.2 Å². The molecule has 2 rings (SSSR count). The number of anilines is 1. The second-order valence-corrected chi connectivity index (χ2v) is 5.02. The lowest BCUT2D eigenvalue weighted by atomic mass is 10.1. The van der Waals surface area contributed by atoms with Crippen LogP contribution in [0.5, 0.6) is 0 Å². The molecule has 1 saturated heterocycles. The molecule has 1 aliphatic heterocycles. The van der Waals surface area contributed by atoms with E-state index in [4.69, 9.17) is 16.3 Å². The van der Waals surface area contributed by atoms with Crippen LogP contribution in [-0.4, -0.2) is 25.8 Å². The summed E-state index contributed by atoms with van der Waals surface area (Å²) in [6.07, 6.45) is 0. The SMILES string of the molecule is CC1COCCN1c1cc(Cl)ccc1CBr. The summed E-state index contributed by atoms with van der Waals surface area (Å²) in [6.45, 7) is 4.69. The number of hydrogen-bond donors (Lipinski definition) is 0. The van der Waals surface area contributed by atoms with E-state index < -0.39 is 0 Å². The van der Waals surface area contributed by atoms with E-state index in [0.29, 0.717) is 6.04 Å². The summed E-state index contributed by atoms with van der Waals surface area (Å²) >= 11 is 9.59. The van der Waals surface area contributed by atoms with Gasteiger partial charge in [-0.25, -0.2) is 0 Å². The van der Waals surface area contributed by atoms with Gasteiger partial charge < -0.3 is 9.64 Å². The van der Waals surface area contributed by atoms with Gasteiger partial charge in [-0.3, -0.25) is 0 Å². The van der Waals surface area contributed by atoms with Crippen LogP contribution >= 0.6 is 27.5 Å². The Labute approximate surface area is 110 Å². The zero-order valence-corrected chi connectivity index (χ0v) is 11.6. The van der Waals surface area contributed by atoms with E-state index in [2.05, 4.69) is 33.8 Å². The normalized spacial score (nSPS) is 21.2. The number of benzene rings is 1. The van der Waals surface area contributed by atoms with Gasteiger partial charge in [0.15, 0.2) is 0 Å². The fourth-order valence-corrected chi connectivity index (χ4v) is 2.64. The predicted molar refractivity (Wildman–Crippen MR) is 71.7 cm³/mol. The molecule has 1 unspecified atom stereocenters. The van der Waals surface area contributed by atoms with E-state index in [0.717, 1.165) is 30.1 Å². The van der Waals surface area contributed by atoms with Crippen molar-refractivity contribution in [1.29, 1.82) is 0 Å². The summed E-state index contributed by atoms with van der Waals surface area (Å²) in [7, 11) is 0. The van der Waals surface area contributed by atoms with Crippen LogP contribution in [-0.2, 0) is 10.1 Å². The van der Waals surface area contributed by atoms with E-state index in [1.807, 2.05) is 12.1 Å². The molecule has 0 N–H and O–H groups in total. The molecule has 0 radical (unpaired) electrons. The molecule has 16 heavy (non-hydrogen) atoms. The van der Waals surface area contributed by atoms with Gasteiger partial charge in [0.05, 0.1) is 13.2 Å². The van der Waals surface area contributed by atoms with E-state index in [1.54, 1.807) is 0 Å². The van der Waals surface area contributed by atoms with Gasteiger partial charge in [-0.1, -0.05) is 33.6 Å². The van der Waals surface area contributed by atoms with Gasteiger partial charge in [0.2, 0.25) is 0 Å². The molecule has 1 aromatic rings. The predicted octanol–water partition coefficient (Wildman–Crippen LogP) is 3.46. The summed E-state index contributed by atoms with van der Waals surface area (Å²) in [4.78, 5) is 2.37. The number of alkyl halides is 1. The molecule has 0 saturated carbocycles. The molecule has 0 aromatic heterocycles. The summed E-state index contributed by atoms with van der Waals surface area (Å²) in [5, 5.41) is 1.64. The first kappa shape index (κ1) is 12.2. The van der Waals surface area contributed by atoms with Crippen LogP contribution in [0.2, 0.25) is 5.02 Å². The first-order chi connectivity index (χ1) is 7.72. The molecule has 88 valence electrons. The van der Waals surface area contributed by atoms with Gasteiger partial charge in [-0.05, 0) is 24.6 Å². The first-order valence-electron chi connectivity index (χ1n) is 5.41. The Morgan fingerprint density at radius 3 is 3.06 bits per heavy atom. The van der Waals surface area contributed by atoms with Gasteiger partial charge >= 0.3 is 0 Å². The molecule has 1 aliphatic rings. The minimum atomic E-state index is 0.407. The fraction of sp³-hybridized carbons (Fsp3) is 0.500. The minimum absolute atomic E-state index is 0.407. The van der Waals surface area contributed by atoms with Crippen molar-refractivity contribution in [2.45, 2.75) is 18.3 Å². The highest BCUT2D eigenvalue weighted by molar-refractivity contribution is 9.08. The maximum atomic E-state index is 6.07. The van der Waals surface area contributed by atoms with Gasteiger partial charge in [0.25, 0.3) is 0 Å². The van der Waals surface area contributed by atoms with Crippen molar-refractivity contribution >= 4 is 33.2 Å². The quantitative estimate of drug-likeness (QED) is 0.776. The average molecular weight is 305 g/mol. The third-order valence-corrected chi connectivity index (χ3v) is 3.71. The highest BCUT2D eigenvalue weighted by Crippen LogP contribution is 2.29.